The molecule has 0 N–H and O–H groups in total. The van der Waals surface area contributed by atoms with E-state index in [0.29, 0.717) is 5.92 Å². The van der Waals surface area contributed by atoms with Crippen LogP contribution in [-0.4, -0.2) is 0 Å². The fourth-order valence-electron chi connectivity index (χ4n) is 4.71. The summed E-state index contributed by atoms with van der Waals surface area (Å²) in [5.74, 6) is 2.34. The zero-order valence-electron chi connectivity index (χ0n) is 15.1. The van der Waals surface area contributed by atoms with E-state index in [1.165, 1.54) is 74.5 Å². The standard InChI is InChI=1S/C24H29Cl/c25-24-17-21(14-15-22(24)19-11-5-2-6-12-19)23-16-20(23)13-7-10-18-8-3-1-4-9-18/h1,3-4,8-9,14-15,17,19-20,23H,2,5-7,10-13,16H2. The van der Waals surface area contributed by atoms with Gasteiger partial charge in [-0.1, -0.05) is 73.3 Å². The van der Waals surface area contributed by atoms with Gasteiger partial charge in [0.15, 0.2) is 0 Å². The van der Waals surface area contributed by atoms with Gasteiger partial charge in [-0.3, -0.25) is 0 Å². The highest BCUT2D eigenvalue weighted by molar-refractivity contribution is 6.31. The fraction of sp³-hybridized carbons (Fsp3) is 0.500. The van der Waals surface area contributed by atoms with Crippen molar-refractivity contribution in [1.82, 2.24) is 0 Å². The zero-order chi connectivity index (χ0) is 17.1. The largest absolute Gasteiger partial charge is 0.0840 e. The van der Waals surface area contributed by atoms with Crippen LogP contribution in [0.1, 0.15) is 79.9 Å². The summed E-state index contributed by atoms with van der Waals surface area (Å²) in [4.78, 5) is 0. The zero-order valence-corrected chi connectivity index (χ0v) is 15.8. The molecule has 0 nitrogen and oxygen atoms in total. The first-order valence-corrected chi connectivity index (χ1v) is 10.5. The lowest BCUT2D eigenvalue weighted by molar-refractivity contribution is 0.443. The lowest BCUT2D eigenvalue weighted by Crippen LogP contribution is -2.05. The molecule has 2 unspecified atom stereocenters. The predicted molar refractivity (Wildman–Crippen MR) is 108 cm³/mol. The molecule has 0 bridgehead atoms. The Morgan fingerprint density at radius 3 is 2.48 bits per heavy atom. The molecule has 2 saturated carbocycles. The van der Waals surface area contributed by atoms with Crippen molar-refractivity contribution in [3.05, 3.63) is 70.2 Å². The summed E-state index contributed by atoms with van der Waals surface area (Å²) in [6.07, 6.45) is 12.0. The number of hydrogen-bond acceptors (Lipinski definition) is 0. The van der Waals surface area contributed by atoms with E-state index in [0.717, 1.165) is 16.9 Å². The molecule has 2 aromatic carbocycles. The van der Waals surface area contributed by atoms with E-state index in [9.17, 15) is 0 Å². The van der Waals surface area contributed by atoms with Crippen molar-refractivity contribution >= 4 is 11.6 Å². The van der Waals surface area contributed by atoms with Crippen LogP contribution in [0.3, 0.4) is 0 Å². The molecule has 2 atom stereocenters. The summed E-state index contributed by atoms with van der Waals surface area (Å²) in [6.45, 7) is 0. The Morgan fingerprint density at radius 2 is 1.72 bits per heavy atom. The average Bonchev–Trinajstić information content (AvgIpc) is 3.43. The van der Waals surface area contributed by atoms with Crippen molar-refractivity contribution in [3.8, 4) is 0 Å². The van der Waals surface area contributed by atoms with Gasteiger partial charge in [0.2, 0.25) is 0 Å². The molecular formula is C24H29Cl. The maximum atomic E-state index is 6.67. The maximum Gasteiger partial charge on any atom is 0.0443 e. The van der Waals surface area contributed by atoms with Crippen LogP contribution in [0.15, 0.2) is 48.5 Å². The van der Waals surface area contributed by atoms with Crippen LogP contribution in [0.5, 0.6) is 0 Å². The number of aryl methyl sites for hydroxylation is 1. The highest BCUT2D eigenvalue weighted by Gasteiger charge is 2.37. The molecule has 0 saturated heterocycles. The Bertz CT molecular complexity index is 684. The van der Waals surface area contributed by atoms with Crippen LogP contribution >= 0.6 is 11.6 Å². The fourth-order valence-corrected chi connectivity index (χ4v) is 5.05. The minimum absolute atomic E-state index is 0.705. The number of hydrogen-bond donors (Lipinski definition) is 0. The Hall–Kier alpha value is -1.27. The van der Waals surface area contributed by atoms with Crippen LogP contribution in [0.4, 0.5) is 0 Å². The second-order valence-corrected chi connectivity index (χ2v) is 8.50. The van der Waals surface area contributed by atoms with Gasteiger partial charge in [0.25, 0.3) is 0 Å². The third-order valence-corrected chi connectivity index (χ3v) is 6.63. The molecule has 0 aromatic heterocycles. The lowest BCUT2D eigenvalue weighted by atomic mass is 9.83. The molecule has 2 aliphatic rings. The van der Waals surface area contributed by atoms with Crippen molar-refractivity contribution in [3.63, 3.8) is 0 Å². The van der Waals surface area contributed by atoms with Crippen molar-refractivity contribution in [2.75, 3.05) is 0 Å². The van der Waals surface area contributed by atoms with Gasteiger partial charge < -0.3 is 0 Å². The summed E-state index contributed by atoms with van der Waals surface area (Å²) < 4.78 is 0. The minimum Gasteiger partial charge on any atom is -0.0840 e. The van der Waals surface area contributed by atoms with Gasteiger partial charge in [-0.2, -0.15) is 0 Å². The summed E-state index contributed by atoms with van der Waals surface area (Å²) in [5.41, 5.74) is 4.36. The normalized spacial score (nSPS) is 23.6. The van der Waals surface area contributed by atoms with E-state index >= 15 is 0 Å². The van der Waals surface area contributed by atoms with Crippen molar-refractivity contribution in [1.29, 1.82) is 0 Å². The number of halogens is 1. The van der Waals surface area contributed by atoms with Crippen LogP contribution in [0, 0.1) is 5.92 Å². The van der Waals surface area contributed by atoms with Crippen molar-refractivity contribution < 1.29 is 0 Å². The molecule has 132 valence electrons. The molecule has 0 heterocycles. The quantitative estimate of drug-likeness (QED) is 0.504. The maximum absolute atomic E-state index is 6.67. The molecule has 0 aliphatic heterocycles. The van der Waals surface area contributed by atoms with Crippen molar-refractivity contribution in [2.45, 2.75) is 69.6 Å². The summed E-state index contributed by atoms with van der Waals surface area (Å²) in [6, 6.07) is 17.9. The topological polar surface area (TPSA) is 0 Å². The van der Waals surface area contributed by atoms with Gasteiger partial charge in [-0.15, -0.1) is 0 Å². The van der Waals surface area contributed by atoms with Crippen LogP contribution in [0.2, 0.25) is 5.02 Å². The summed E-state index contributed by atoms with van der Waals surface area (Å²) in [7, 11) is 0. The highest BCUT2D eigenvalue weighted by atomic mass is 35.5. The van der Waals surface area contributed by atoms with E-state index in [1.807, 2.05) is 0 Å². The van der Waals surface area contributed by atoms with Crippen LogP contribution in [-0.2, 0) is 6.42 Å². The average molecular weight is 353 g/mol. The van der Waals surface area contributed by atoms with Gasteiger partial charge in [-0.25, -0.2) is 0 Å². The van der Waals surface area contributed by atoms with Crippen LogP contribution < -0.4 is 0 Å². The van der Waals surface area contributed by atoms with Gasteiger partial charge >= 0.3 is 0 Å². The Labute approximate surface area is 157 Å². The molecule has 2 aliphatic carbocycles. The molecule has 2 fully saturated rings. The number of benzene rings is 2. The molecule has 2 aromatic rings. The second kappa shape index (κ2) is 7.96. The van der Waals surface area contributed by atoms with E-state index < -0.39 is 0 Å². The third kappa shape index (κ3) is 4.29. The highest BCUT2D eigenvalue weighted by Crippen LogP contribution is 2.51. The van der Waals surface area contributed by atoms with E-state index in [1.54, 1.807) is 0 Å². The summed E-state index contributed by atoms with van der Waals surface area (Å²) in [5, 5.41) is 1.03. The molecule has 0 amide bonds. The molecule has 1 heteroatoms. The van der Waals surface area contributed by atoms with Crippen LogP contribution in [0.25, 0.3) is 0 Å². The predicted octanol–water partition coefficient (Wildman–Crippen LogP) is 7.51. The Kier molecular flexibility index (Phi) is 5.46. The Balaban J connectivity index is 1.30. The Morgan fingerprint density at radius 1 is 0.920 bits per heavy atom. The molecule has 0 radical (unpaired) electrons. The third-order valence-electron chi connectivity index (χ3n) is 6.30. The molecular weight excluding hydrogens is 324 g/mol. The van der Waals surface area contributed by atoms with E-state index in [4.69, 9.17) is 11.6 Å². The summed E-state index contributed by atoms with van der Waals surface area (Å²) >= 11 is 6.67. The van der Waals surface area contributed by atoms with E-state index in [2.05, 4.69) is 48.5 Å². The SMILES string of the molecule is Clc1cc(C2CC2CCCc2ccccc2)ccc1C1CCCCC1. The molecule has 25 heavy (non-hydrogen) atoms. The monoisotopic (exact) mass is 352 g/mol. The first-order chi connectivity index (χ1) is 12.3. The minimum atomic E-state index is 0.705. The van der Waals surface area contributed by atoms with Gasteiger partial charge in [0, 0.05) is 5.02 Å². The lowest BCUT2D eigenvalue weighted by Gasteiger charge is -2.23. The molecule has 0 spiro atoms. The van der Waals surface area contributed by atoms with E-state index in [-0.39, 0.29) is 0 Å². The first kappa shape index (κ1) is 17.2. The first-order valence-electron chi connectivity index (χ1n) is 10.1. The van der Waals surface area contributed by atoms with Gasteiger partial charge in [0.1, 0.15) is 0 Å². The molecule has 4 rings (SSSR count). The number of rotatable bonds is 6. The smallest absolute Gasteiger partial charge is 0.0443 e. The second-order valence-electron chi connectivity index (χ2n) is 8.10. The van der Waals surface area contributed by atoms with Gasteiger partial charge in [-0.05, 0) is 79.0 Å². The van der Waals surface area contributed by atoms with Crippen molar-refractivity contribution in [2.24, 2.45) is 5.92 Å². The van der Waals surface area contributed by atoms with Gasteiger partial charge in [0.05, 0.1) is 0 Å².